The Morgan fingerprint density at radius 2 is 1.81 bits per heavy atom. The van der Waals surface area contributed by atoms with E-state index in [4.69, 9.17) is 11.6 Å². The number of halogens is 2. The molecule has 2 heterocycles. The number of aromatic nitrogens is 1. The molecule has 0 spiro atoms. The van der Waals surface area contributed by atoms with Gasteiger partial charge >= 0.3 is 0 Å². The Hall–Kier alpha value is -2.60. The lowest BCUT2D eigenvalue weighted by Crippen LogP contribution is -2.48. The topological polar surface area (TPSA) is 96.6 Å². The Morgan fingerprint density at radius 1 is 1.12 bits per heavy atom. The van der Waals surface area contributed by atoms with Crippen molar-refractivity contribution in [2.24, 2.45) is 0 Å². The lowest BCUT2D eigenvalue weighted by molar-refractivity contribution is -0.384. The van der Waals surface area contributed by atoms with Crippen molar-refractivity contribution in [2.75, 3.05) is 31.1 Å². The highest BCUT2D eigenvalue weighted by Crippen LogP contribution is 2.26. The Balaban J connectivity index is 1.40. The molecule has 3 aromatic rings. The molecule has 0 atom stereocenters. The number of nitro benzene ring substituents is 1. The van der Waals surface area contributed by atoms with E-state index in [2.05, 4.69) is 4.98 Å². The van der Waals surface area contributed by atoms with Crippen LogP contribution in [0.1, 0.15) is 11.3 Å². The number of piperazine rings is 1. The fraction of sp³-hybridized carbons (Fsp3) is 0.250. The van der Waals surface area contributed by atoms with Crippen molar-refractivity contribution in [3.8, 4) is 0 Å². The van der Waals surface area contributed by atoms with Gasteiger partial charge in [-0.15, -0.1) is 11.3 Å². The number of benzene rings is 2. The number of sulfonamides is 1. The van der Waals surface area contributed by atoms with Gasteiger partial charge in [0, 0.05) is 55.1 Å². The van der Waals surface area contributed by atoms with Crippen molar-refractivity contribution >= 4 is 43.8 Å². The molecule has 0 saturated carbocycles. The predicted molar refractivity (Wildman–Crippen MR) is 120 cm³/mol. The van der Waals surface area contributed by atoms with Crippen LogP contribution in [-0.2, 0) is 16.4 Å². The van der Waals surface area contributed by atoms with Gasteiger partial charge in [0.2, 0.25) is 10.0 Å². The van der Waals surface area contributed by atoms with E-state index >= 15 is 0 Å². The first-order valence-electron chi connectivity index (χ1n) is 9.61. The average molecular weight is 497 g/mol. The Kier molecular flexibility index (Phi) is 6.42. The molecule has 0 bridgehead atoms. The molecule has 0 amide bonds. The predicted octanol–water partition coefficient (Wildman–Crippen LogP) is 3.95. The van der Waals surface area contributed by atoms with Crippen LogP contribution in [0.4, 0.5) is 15.2 Å². The standard InChI is InChI=1S/C20H18ClFN4O4S2/c21-15-9-14(10-16(22)12-15)11-17-13-31-20(23-17)24-5-7-25(8-6-24)32(29,30)19-3-1-18(2-4-19)26(27)28/h1-4,9-10,12-13H,5-8,11H2. The molecular formula is C20H18ClFN4O4S2. The second-order valence-electron chi connectivity index (χ2n) is 7.22. The number of rotatable bonds is 6. The van der Waals surface area contributed by atoms with Gasteiger partial charge in [0.15, 0.2) is 5.13 Å². The van der Waals surface area contributed by atoms with Gasteiger partial charge < -0.3 is 4.90 Å². The molecular weight excluding hydrogens is 479 g/mol. The maximum absolute atomic E-state index is 13.5. The number of hydrogen-bond donors (Lipinski definition) is 0. The molecule has 168 valence electrons. The monoisotopic (exact) mass is 496 g/mol. The second-order valence-corrected chi connectivity index (χ2v) is 10.4. The van der Waals surface area contributed by atoms with Gasteiger partial charge in [-0.25, -0.2) is 17.8 Å². The van der Waals surface area contributed by atoms with Gasteiger partial charge in [-0.2, -0.15) is 4.31 Å². The fourth-order valence-corrected chi connectivity index (χ4v) is 6.00. The summed E-state index contributed by atoms with van der Waals surface area (Å²) in [6, 6.07) is 9.26. The number of hydrogen-bond acceptors (Lipinski definition) is 7. The molecule has 0 aliphatic carbocycles. The molecule has 2 aromatic carbocycles. The van der Waals surface area contributed by atoms with Gasteiger partial charge in [0.05, 0.1) is 15.5 Å². The molecule has 0 radical (unpaired) electrons. The van der Waals surface area contributed by atoms with Crippen LogP contribution in [-0.4, -0.2) is 48.8 Å². The van der Waals surface area contributed by atoms with Crippen LogP contribution in [0.25, 0.3) is 0 Å². The van der Waals surface area contributed by atoms with Crippen LogP contribution in [0, 0.1) is 15.9 Å². The van der Waals surface area contributed by atoms with Gasteiger partial charge in [0.1, 0.15) is 5.82 Å². The largest absolute Gasteiger partial charge is 0.345 e. The summed E-state index contributed by atoms with van der Waals surface area (Å²) < 4.78 is 40.6. The van der Waals surface area contributed by atoms with Crippen LogP contribution < -0.4 is 4.90 Å². The number of anilines is 1. The van der Waals surface area contributed by atoms with Crippen molar-refractivity contribution in [3.05, 3.63) is 80.1 Å². The Labute approximate surface area is 193 Å². The third-order valence-electron chi connectivity index (χ3n) is 5.04. The molecule has 1 fully saturated rings. The van der Waals surface area contributed by atoms with E-state index in [1.54, 1.807) is 6.07 Å². The zero-order valence-electron chi connectivity index (χ0n) is 16.6. The molecule has 0 N–H and O–H groups in total. The minimum atomic E-state index is -3.73. The summed E-state index contributed by atoms with van der Waals surface area (Å²) in [5.41, 5.74) is 1.35. The highest BCUT2D eigenvalue weighted by molar-refractivity contribution is 7.89. The van der Waals surface area contributed by atoms with E-state index in [0.29, 0.717) is 24.5 Å². The first kappa shape index (κ1) is 22.6. The van der Waals surface area contributed by atoms with Crippen molar-refractivity contribution in [3.63, 3.8) is 0 Å². The quantitative estimate of drug-likeness (QED) is 0.379. The Bertz CT molecular complexity index is 1220. The van der Waals surface area contributed by atoms with E-state index < -0.39 is 20.8 Å². The summed E-state index contributed by atoms with van der Waals surface area (Å²) >= 11 is 7.36. The molecule has 12 heteroatoms. The SMILES string of the molecule is O=[N+]([O-])c1ccc(S(=O)(=O)N2CCN(c3nc(Cc4cc(F)cc(Cl)c4)cs3)CC2)cc1. The zero-order valence-corrected chi connectivity index (χ0v) is 19.0. The summed E-state index contributed by atoms with van der Waals surface area (Å²) in [5, 5.41) is 13.8. The van der Waals surface area contributed by atoms with Gasteiger partial charge in [-0.3, -0.25) is 10.1 Å². The van der Waals surface area contributed by atoms with Crippen LogP contribution in [0.5, 0.6) is 0 Å². The molecule has 0 unspecified atom stereocenters. The lowest BCUT2D eigenvalue weighted by atomic mass is 10.1. The summed E-state index contributed by atoms with van der Waals surface area (Å²) in [4.78, 5) is 16.9. The summed E-state index contributed by atoms with van der Waals surface area (Å²) in [6.07, 6.45) is 0.447. The van der Waals surface area contributed by atoms with Crippen molar-refractivity contribution in [2.45, 2.75) is 11.3 Å². The van der Waals surface area contributed by atoms with Crippen LogP contribution in [0.2, 0.25) is 5.02 Å². The van der Waals surface area contributed by atoms with Crippen molar-refractivity contribution in [1.82, 2.24) is 9.29 Å². The highest BCUT2D eigenvalue weighted by atomic mass is 35.5. The van der Waals surface area contributed by atoms with Gasteiger partial charge in [0.25, 0.3) is 5.69 Å². The normalized spacial score (nSPS) is 15.1. The third-order valence-corrected chi connectivity index (χ3v) is 8.12. The summed E-state index contributed by atoms with van der Waals surface area (Å²) in [5.74, 6) is -0.395. The third kappa shape index (κ3) is 4.90. The molecule has 1 aromatic heterocycles. The lowest BCUT2D eigenvalue weighted by Gasteiger charge is -2.33. The van der Waals surface area contributed by atoms with Crippen LogP contribution >= 0.6 is 22.9 Å². The molecule has 32 heavy (non-hydrogen) atoms. The zero-order chi connectivity index (χ0) is 22.9. The first-order valence-corrected chi connectivity index (χ1v) is 12.3. The van der Waals surface area contributed by atoms with E-state index in [1.807, 2.05) is 10.3 Å². The number of nitro groups is 1. The van der Waals surface area contributed by atoms with Crippen molar-refractivity contribution < 1.29 is 17.7 Å². The molecule has 1 saturated heterocycles. The molecule has 8 nitrogen and oxygen atoms in total. The second kappa shape index (κ2) is 9.10. The Morgan fingerprint density at radius 3 is 2.44 bits per heavy atom. The smallest absolute Gasteiger partial charge is 0.269 e. The maximum Gasteiger partial charge on any atom is 0.269 e. The number of thiazole rings is 1. The van der Waals surface area contributed by atoms with E-state index in [-0.39, 0.29) is 23.7 Å². The maximum atomic E-state index is 13.5. The minimum Gasteiger partial charge on any atom is -0.345 e. The summed E-state index contributed by atoms with van der Waals surface area (Å²) in [6.45, 7) is 1.47. The van der Waals surface area contributed by atoms with E-state index in [0.717, 1.165) is 16.4 Å². The number of nitrogens with zero attached hydrogens (tertiary/aromatic N) is 4. The fourth-order valence-electron chi connectivity index (χ4n) is 3.45. The molecule has 1 aliphatic heterocycles. The minimum absolute atomic E-state index is 0.0295. The summed E-state index contributed by atoms with van der Waals surface area (Å²) in [7, 11) is -3.73. The van der Waals surface area contributed by atoms with E-state index in [9.17, 15) is 22.9 Å². The van der Waals surface area contributed by atoms with Crippen LogP contribution in [0.15, 0.2) is 52.7 Å². The highest BCUT2D eigenvalue weighted by Gasteiger charge is 2.29. The van der Waals surface area contributed by atoms with E-state index in [1.165, 1.54) is 52.0 Å². The molecule has 1 aliphatic rings. The molecule has 4 rings (SSSR count). The van der Waals surface area contributed by atoms with Gasteiger partial charge in [-0.1, -0.05) is 11.6 Å². The van der Waals surface area contributed by atoms with Crippen molar-refractivity contribution in [1.29, 1.82) is 0 Å². The number of non-ortho nitro benzene ring substituents is 1. The average Bonchev–Trinajstić information content (AvgIpc) is 3.21. The van der Waals surface area contributed by atoms with Gasteiger partial charge in [-0.05, 0) is 35.9 Å². The first-order chi connectivity index (χ1) is 15.2. The van der Waals surface area contributed by atoms with Crippen LogP contribution in [0.3, 0.4) is 0 Å².